The van der Waals surface area contributed by atoms with Crippen molar-refractivity contribution in [2.45, 2.75) is 5.41 Å². The van der Waals surface area contributed by atoms with Gasteiger partial charge in [0, 0.05) is 11.1 Å². The molecule has 4 aliphatic rings. The van der Waals surface area contributed by atoms with Gasteiger partial charge in [0.15, 0.2) is 0 Å². The summed E-state index contributed by atoms with van der Waals surface area (Å²) < 4.78 is 16.2. The highest BCUT2D eigenvalue weighted by atomic mass is 16.6. The van der Waals surface area contributed by atoms with Crippen LogP contribution >= 0.6 is 0 Å². The van der Waals surface area contributed by atoms with E-state index in [9.17, 15) is 19.2 Å². The summed E-state index contributed by atoms with van der Waals surface area (Å²) in [4.78, 5) is 50.4. The van der Waals surface area contributed by atoms with Crippen LogP contribution in [0.15, 0.2) is 73.8 Å². The molecule has 0 N–H and O–H groups in total. The summed E-state index contributed by atoms with van der Waals surface area (Å²) >= 11 is 0. The molecular formula is C33H16O7. The fraction of sp³-hybridized carbons (Fsp3) is 0.0303. The van der Waals surface area contributed by atoms with E-state index >= 15 is 0 Å². The van der Waals surface area contributed by atoms with Crippen LogP contribution in [0.5, 0.6) is 11.5 Å². The molecule has 1 aliphatic carbocycles. The molecule has 0 unspecified atom stereocenters. The first-order valence-electron chi connectivity index (χ1n) is 12.5. The molecule has 0 saturated carbocycles. The monoisotopic (exact) mass is 524 g/mol. The average Bonchev–Trinajstić information content (AvgIpc) is 3.52. The Morgan fingerprint density at radius 3 is 1.27 bits per heavy atom. The number of rotatable bonds is 2. The molecule has 190 valence electrons. The quantitative estimate of drug-likeness (QED) is 0.201. The Morgan fingerprint density at radius 2 is 0.875 bits per heavy atom. The average molecular weight is 524 g/mol. The van der Waals surface area contributed by atoms with Crippen molar-refractivity contribution in [3.05, 3.63) is 129 Å². The van der Waals surface area contributed by atoms with Crippen LogP contribution in [0.25, 0.3) is 23.3 Å². The van der Waals surface area contributed by atoms with Gasteiger partial charge in [-0.1, -0.05) is 49.6 Å². The molecule has 7 heteroatoms. The van der Waals surface area contributed by atoms with E-state index < -0.39 is 29.3 Å². The van der Waals surface area contributed by atoms with Gasteiger partial charge in [-0.15, -0.1) is 0 Å². The van der Waals surface area contributed by atoms with Gasteiger partial charge in [0.25, 0.3) is 0 Å². The van der Waals surface area contributed by atoms with Crippen molar-refractivity contribution in [1.82, 2.24) is 0 Å². The number of benzene rings is 4. The second-order valence-electron chi connectivity index (χ2n) is 10.0. The van der Waals surface area contributed by atoms with Crippen LogP contribution in [0.2, 0.25) is 0 Å². The summed E-state index contributed by atoms with van der Waals surface area (Å²) in [6, 6.07) is 18.3. The van der Waals surface area contributed by atoms with E-state index in [2.05, 4.69) is 13.2 Å². The minimum Gasteiger partial charge on any atom is -0.457 e. The first-order valence-corrected chi connectivity index (χ1v) is 12.5. The molecule has 0 radical (unpaired) electrons. The Balaban J connectivity index is 1.59. The number of fused-ring (bicyclic) bond motifs is 11. The Labute approximate surface area is 226 Å². The fourth-order valence-corrected chi connectivity index (χ4v) is 6.44. The molecule has 0 bridgehead atoms. The normalized spacial score (nSPS) is 16.2. The minimum atomic E-state index is -1.10. The van der Waals surface area contributed by atoms with E-state index in [0.29, 0.717) is 22.6 Å². The molecule has 0 amide bonds. The smallest absolute Gasteiger partial charge is 0.347 e. The molecule has 0 aromatic heterocycles. The van der Waals surface area contributed by atoms with Crippen LogP contribution in [0, 0.1) is 0 Å². The lowest BCUT2D eigenvalue weighted by atomic mass is 9.65. The molecule has 3 heterocycles. The number of esters is 4. The van der Waals surface area contributed by atoms with Gasteiger partial charge >= 0.3 is 23.9 Å². The predicted molar refractivity (Wildman–Crippen MR) is 143 cm³/mol. The number of cyclic esters (lactones) is 4. The second kappa shape index (κ2) is 7.30. The van der Waals surface area contributed by atoms with Crippen molar-refractivity contribution in [3.63, 3.8) is 0 Å². The van der Waals surface area contributed by atoms with Gasteiger partial charge in [-0.25, -0.2) is 19.2 Å². The highest BCUT2D eigenvalue weighted by Crippen LogP contribution is 2.63. The molecule has 8 rings (SSSR count). The van der Waals surface area contributed by atoms with Crippen molar-refractivity contribution in [1.29, 1.82) is 0 Å². The van der Waals surface area contributed by atoms with E-state index in [1.165, 1.54) is 12.1 Å². The third-order valence-corrected chi connectivity index (χ3v) is 8.17. The van der Waals surface area contributed by atoms with Gasteiger partial charge in [-0.2, -0.15) is 0 Å². The number of ether oxygens (including phenoxy) is 3. The molecule has 4 aromatic carbocycles. The maximum absolute atomic E-state index is 12.7. The predicted octanol–water partition coefficient (Wildman–Crippen LogP) is 6.06. The molecule has 40 heavy (non-hydrogen) atoms. The lowest BCUT2D eigenvalue weighted by Gasteiger charge is -2.40. The molecule has 1 spiro atoms. The van der Waals surface area contributed by atoms with E-state index in [0.717, 1.165) is 33.4 Å². The van der Waals surface area contributed by atoms with Crippen LogP contribution in [0.3, 0.4) is 0 Å². The molecule has 0 fully saturated rings. The Morgan fingerprint density at radius 1 is 0.475 bits per heavy atom. The summed E-state index contributed by atoms with van der Waals surface area (Å²) in [6.07, 6.45) is 3.48. The highest BCUT2D eigenvalue weighted by Gasteiger charge is 2.53. The van der Waals surface area contributed by atoms with Crippen LogP contribution in [-0.2, 0) is 14.9 Å². The Hall–Kier alpha value is -5.56. The standard InChI is InChI=1S/C33H16O7/c1-3-15-5-7-17-18-8-6-16(4-2)10-24(18)33(23(17)9-15)25-11-19-21(31(36)39-29(19)34)13-27(25)38-28-14-22-20(12-26(28)33)30(35)40-32(22)37/h3-14H,1-2H2. The molecule has 3 aliphatic heterocycles. The van der Waals surface area contributed by atoms with Crippen LogP contribution in [0.4, 0.5) is 0 Å². The Kier molecular flexibility index (Phi) is 4.09. The SMILES string of the molecule is C=Cc1ccc2c(c1)C1(c3cc4c(cc3Oc3cc5c(cc31)C(=O)OC5=O)C(=O)OC4=O)c1cc(C=C)ccc1-2. The first kappa shape index (κ1) is 22.4. The van der Waals surface area contributed by atoms with Gasteiger partial charge in [-0.05, 0) is 69.8 Å². The van der Waals surface area contributed by atoms with Crippen LogP contribution in [-0.4, -0.2) is 23.9 Å². The number of carbonyl (C=O) groups is 4. The van der Waals surface area contributed by atoms with Gasteiger partial charge in [-0.3, -0.25) is 0 Å². The maximum Gasteiger partial charge on any atom is 0.347 e. The van der Waals surface area contributed by atoms with Crippen molar-refractivity contribution in [2.24, 2.45) is 0 Å². The van der Waals surface area contributed by atoms with E-state index in [-0.39, 0.29) is 22.3 Å². The van der Waals surface area contributed by atoms with Gasteiger partial charge in [0.1, 0.15) is 11.5 Å². The minimum absolute atomic E-state index is 0.0937. The van der Waals surface area contributed by atoms with Gasteiger partial charge in [0.05, 0.1) is 27.7 Å². The van der Waals surface area contributed by atoms with Crippen molar-refractivity contribution in [3.8, 4) is 22.6 Å². The number of hydrogen-bond acceptors (Lipinski definition) is 7. The number of carbonyl (C=O) groups excluding carboxylic acids is 4. The van der Waals surface area contributed by atoms with Gasteiger partial charge < -0.3 is 14.2 Å². The maximum atomic E-state index is 12.7. The zero-order chi connectivity index (χ0) is 27.5. The van der Waals surface area contributed by atoms with Crippen molar-refractivity contribution in [2.75, 3.05) is 0 Å². The van der Waals surface area contributed by atoms with E-state index in [4.69, 9.17) is 14.2 Å². The van der Waals surface area contributed by atoms with Crippen LogP contribution in [0.1, 0.15) is 74.8 Å². The summed E-state index contributed by atoms with van der Waals surface area (Å²) in [6.45, 7) is 7.90. The van der Waals surface area contributed by atoms with Crippen LogP contribution < -0.4 is 4.74 Å². The zero-order valence-electron chi connectivity index (χ0n) is 20.7. The van der Waals surface area contributed by atoms with Crippen molar-refractivity contribution >= 4 is 36.0 Å². The number of hydrogen-bond donors (Lipinski definition) is 0. The topological polar surface area (TPSA) is 96.0 Å². The molecule has 4 aromatic rings. The Bertz CT molecular complexity index is 1850. The third-order valence-electron chi connectivity index (χ3n) is 8.17. The molecule has 7 nitrogen and oxygen atoms in total. The van der Waals surface area contributed by atoms with Crippen molar-refractivity contribution < 1.29 is 33.4 Å². The zero-order valence-corrected chi connectivity index (χ0v) is 20.7. The second-order valence-corrected chi connectivity index (χ2v) is 10.0. The molecule has 0 saturated heterocycles. The largest absolute Gasteiger partial charge is 0.457 e. The summed E-state index contributed by atoms with van der Waals surface area (Å²) in [7, 11) is 0. The first-order chi connectivity index (χ1) is 19.3. The van der Waals surface area contributed by atoms with E-state index in [1.54, 1.807) is 24.3 Å². The third kappa shape index (κ3) is 2.54. The lowest BCUT2D eigenvalue weighted by molar-refractivity contribution is 0.0425. The molecular weight excluding hydrogens is 508 g/mol. The lowest BCUT2D eigenvalue weighted by Crippen LogP contribution is -2.33. The molecule has 0 atom stereocenters. The summed E-state index contributed by atoms with van der Waals surface area (Å²) in [5.74, 6) is -2.37. The van der Waals surface area contributed by atoms with Gasteiger partial charge in [0.2, 0.25) is 0 Å². The summed E-state index contributed by atoms with van der Waals surface area (Å²) in [5, 5.41) is 0. The summed E-state index contributed by atoms with van der Waals surface area (Å²) in [5.41, 5.74) is 5.83. The fourth-order valence-electron chi connectivity index (χ4n) is 6.44. The van der Waals surface area contributed by atoms with E-state index in [1.807, 2.05) is 36.4 Å². The highest BCUT2D eigenvalue weighted by molar-refractivity contribution is 6.16.